The van der Waals surface area contributed by atoms with E-state index in [0.717, 1.165) is 0 Å². The largest absolute Gasteiger partial charge is 0.384 e. The van der Waals surface area contributed by atoms with Crippen LogP contribution in [0.3, 0.4) is 0 Å². The molecule has 2 aromatic rings. The van der Waals surface area contributed by atoms with Gasteiger partial charge in [0.15, 0.2) is 5.69 Å². The smallest absolute Gasteiger partial charge is 0.273 e. The van der Waals surface area contributed by atoms with Crippen LogP contribution in [0.25, 0.3) is 0 Å². The molecule has 1 unspecified atom stereocenters. The third-order valence-corrected chi connectivity index (χ3v) is 2.92. The fraction of sp³-hybridized carbons (Fsp3) is 0.286. The second-order valence-corrected chi connectivity index (χ2v) is 4.79. The Morgan fingerprint density at radius 1 is 1.45 bits per heavy atom. The number of aromatic nitrogens is 1. The summed E-state index contributed by atoms with van der Waals surface area (Å²) in [7, 11) is 0. The molecule has 2 rings (SSSR count). The number of nitrogens with zero attached hydrogens (tertiary/aromatic N) is 1. The average molecular weight is 278 g/mol. The fourth-order valence-corrected chi connectivity index (χ4v) is 1.73. The van der Waals surface area contributed by atoms with Crippen molar-refractivity contribution in [2.45, 2.75) is 19.4 Å². The van der Waals surface area contributed by atoms with Gasteiger partial charge in [0.05, 0.1) is 6.54 Å². The van der Waals surface area contributed by atoms with E-state index in [9.17, 15) is 14.3 Å². The van der Waals surface area contributed by atoms with E-state index in [2.05, 4.69) is 10.5 Å². The first-order valence-corrected chi connectivity index (χ1v) is 6.08. The minimum Gasteiger partial charge on any atom is -0.384 e. The predicted octanol–water partition coefficient (Wildman–Crippen LogP) is 1.76. The lowest BCUT2D eigenvalue weighted by Crippen LogP contribution is -2.38. The lowest BCUT2D eigenvalue weighted by atomic mass is 9.96. The summed E-state index contributed by atoms with van der Waals surface area (Å²) in [6.07, 6.45) is 0. The number of hydrogen-bond donors (Lipinski definition) is 2. The van der Waals surface area contributed by atoms with Crippen LogP contribution in [-0.2, 0) is 5.60 Å². The number of halogens is 1. The van der Waals surface area contributed by atoms with Crippen molar-refractivity contribution in [2.24, 2.45) is 0 Å². The monoisotopic (exact) mass is 278 g/mol. The van der Waals surface area contributed by atoms with Gasteiger partial charge in [0, 0.05) is 6.07 Å². The lowest BCUT2D eigenvalue weighted by Gasteiger charge is -2.24. The molecule has 5 nitrogen and oxygen atoms in total. The van der Waals surface area contributed by atoms with Gasteiger partial charge in [-0.2, -0.15) is 0 Å². The van der Waals surface area contributed by atoms with Gasteiger partial charge in [-0.15, -0.1) is 0 Å². The summed E-state index contributed by atoms with van der Waals surface area (Å²) in [5.74, 6) is -0.295. The number of rotatable bonds is 4. The summed E-state index contributed by atoms with van der Waals surface area (Å²) in [5, 5.41) is 16.4. The maximum atomic E-state index is 12.8. The minimum atomic E-state index is -1.30. The van der Waals surface area contributed by atoms with E-state index in [0.29, 0.717) is 11.3 Å². The third-order valence-electron chi connectivity index (χ3n) is 2.92. The van der Waals surface area contributed by atoms with Gasteiger partial charge < -0.3 is 14.9 Å². The van der Waals surface area contributed by atoms with Crippen LogP contribution in [0, 0.1) is 12.7 Å². The van der Waals surface area contributed by atoms with E-state index >= 15 is 0 Å². The zero-order valence-corrected chi connectivity index (χ0v) is 11.2. The van der Waals surface area contributed by atoms with Crippen molar-refractivity contribution < 1.29 is 18.8 Å². The van der Waals surface area contributed by atoms with E-state index < -0.39 is 11.5 Å². The molecule has 0 saturated carbocycles. The highest BCUT2D eigenvalue weighted by atomic mass is 19.1. The molecule has 0 spiro atoms. The van der Waals surface area contributed by atoms with Gasteiger partial charge in [0.25, 0.3) is 5.91 Å². The summed E-state index contributed by atoms with van der Waals surface area (Å²) in [6, 6.07) is 6.96. The van der Waals surface area contributed by atoms with Crippen molar-refractivity contribution in [3.8, 4) is 0 Å². The van der Waals surface area contributed by atoms with E-state index in [1.165, 1.54) is 37.3 Å². The van der Waals surface area contributed by atoms with Crippen LogP contribution in [0.4, 0.5) is 4.39 Å². The standard InChI is InChI=1S/C14H15FN2O3/c1-9-7-12(17-20-9)13(18)16-8-14(2,19)10-3-5-11(15)6-4-10/h3-7,19H,8H2,1-2H3,(H,16,18). The minimum absolute atomic E-state index is 0.0244. The molecule has 6 heteroatoms. The lowest BCUT2D eigenvalue weighted by molar-refractivity contribution is 0.0523. The highest BCUT2D eigenvalue weighted by Crippen LogP contribution is 2.20. The van der Waals surface area contributed by atoms with Gasteiger partial charge in [-0.1, -0.05) is 17.3 Å². The van der Waals surface area contributed by atoms with Crippen molar-refractivity contribution in [3.05, 3.63) is 53.2 Å². The summed E-state index contributed by atoms with van der Waals surface area (Å²) in [6.45, 7) is 3.19. The average Bonchev–Trinajstić information content (AvgIpc) is 2.83. The predicted molar refractivity (Wildman–Crippen MR) is 69.5 cm³/mol. The molecule has 0 radical (unpaired) electrons. The Balaban J connectivity index is 2.02. The van der Waals surface area contributed by atoms with Crippen LogP contribution in [0.15, 0.2) is 34.9 Å². The number of hydrogen-bond acceptors (Lipinski definition) is 4. The summed E-state index contributed by atoms with van der Waals surface area (Å²) in [4.78, 5) is 11.8. The summed E-state index contributed by atoms with van der Waals surface area (Å²) in [5.41, 5.74) is -0.643. The molecule has 0 fully saturated rings. The van der Waals surface area contributed by atoms with Crippen LogP contribution in [0.5, 0.6) is 0 Å². The number of aryl methyl sites for hydroxylation is 1. The molecule has 0 aliphatic heterocycles. The third kappa shape index (κ3) is 3.21. The highest BCUT2D eigenvalue weighted by Gasteiger charge is 2.24. The highest BCUT2D eigenvalue weighted by molar-refractivity contribution is 5.92. The molecule has 0 saturated heterocycles. The Hall–Kier alpha value is -2.21. The zero-order chi connectivity index (χ0) is 14.8. The van der Waals surface area contributed by atoms with E-state index in [1.807, 2.05) is 0 Å². The Kier molecular flexibility index (Phi) is 3.85. The topological polar surface area (TPSA) is 75.4 Å². The number of benzene rings is 1. The van der Waals surface area contributed by atoms with Crippen LogP contribution in [0.2, 0.25) is 0 Å². The van der Waals surface area contributed by atoms with E-state index in [-0.39, 0.29) is 18.1 Å². The van der Waals surface area contributed by atoms with Crippen LogP contribution < -0.4 is 5.32 Å². The molecule has 0 aliphatic carbocycles. The molecule has 2 N–H and O–H groups in total. The molecule has 1 amide bonds. The normalized spacial score (nSPS) is 13.8. The van der Waals surface area contributed by atoms with Crippen molar-refractivity contribution in [1.82, 2.24) is 10.5 Å². The number of carbonyl (C=O) groups excluding carboxylic acids is 1. The van der Waals surface area contributed by atoms with Crippen LogP contribution >= 0.6 is 0 Å². The maximum absolute atomic E-state index is 12.8. The first-order chi connectivity index (χ1) is 9.38. The SMILES string of the molecule is Cc1cc(C(=O)NCC(C)(O)c2ccc(F)cc2)no1. The first-order valence-electron chi connectivity index (χ1n) is 6.08. The molecule has 0 aliphatic rings. The molecule has 1 aromatic heterocycles. The van der Waals surface area contributed by atoms with E-state index in [1.54, 1.807) is 6.92 Å². The number of carbonyl (C=O) groups is 1. The van der Waals surface area contributed by atoms with E-state index in [4.69, 9.17) is 4.52 Å². The van der Waals surface area contributed by atoms with Gasteiger partial charge in [-0.3, -0.25) is 4.79 Å². The quantitative estimate of drug-likeness (QED) is 0.893. The number of aliphatic hydroxyl groups is 1. The zero-order valence-electron chi connectivity index (χ0n) is 11.2. The maximum Gasteiger partial charge on any atom is 0.273 e. The van der Waals surface area contributed by atoms with Crippen molar-refractivity contribution in [2.75, 3.05) is 6.54 Å². The van der Waals surface area contributed by atoms with Gasteiger partial charge >= 0.3 is 0 Å². The molecule has 0 bridgehead atoms. The molecule has 1 heterocycles. The summed E-state index contributed by atoms with van der Waals surface area (Å²) >= 11 is 0. The second kappa shape index (κ2) is 5.42. The molecule has 1 atom stereocenters. The van der Waals surface area contributed by atoms with Crippen LogP contribution in [0.1, 0.15) is 28.7 Å². The van der Waals surface area contributed by atoms with Crippen molar-refractivity contribution in [1.29, 1.82) is 0 Å². The molecule has 20 heavy (non-hydrogen) atoms. The van der Waals surface area contributed by atoms with Gasteiger partial charge in [0.1, 0.15) is 17.2 Å². The van der Waals surface area contributed by atoms with Gasteiger partial charge in [0.2, 0.25) is 0 Å². The van der Waals surface area contributed by atoms with Gasteiger partial charge in [-0.05, 0) is 31.5 Å². The second-order valence-electron chi connectivity index (χ2n) is 4.79. The Labute approximate surface area is 115 Å². The fourth-order valence-electron chi connectivity index (χ4n) is 1.73. The first kappa shape index (κ1) is 14.2. The molecule has 1 aromatic carbocycles. The Morgan fingerprint density at radius 2 is 2.10 bits per heavy atom. The Morgan fingerprint density at radius 3 is 2.65 bits per heavy atom. The number of nitrogens with one attached hydrogen (secondary N) is 1. The summed E-state index contributed by atoms with van der Waals surface area (Å²) < 4.78 is 17.6. The molecular formula is C14H15FN2O3. The molecular weight excluding hydrogens is 263 g/mol. The van der Waals surface area contributed by atoms with Crippen LogP contribution in [-0.4, -0.2) is 22.7 Å². The van der Waals surface area contributed by atoms with Crippen molar-refractivity contribution >= 4 is 5.91 Å². The molecule has 106 valence electrons. The Bertz CT molecular complexity index is 605. The number of amides is 1. The van der Waals surface area contributed by atoms with Gasteiger partial charge in [-0.25, -0.2) is 4.39 Å². The van der Waals surface area contributed by atoms with Crippen molar-refractivity contribution in [3.63, 3.8) is 0 Å².